The second kappa shape index (κ2) is 7.44. The Morgan fingerprint density at radius 1 is 1.26 bits per heavy atom. The van der Waals surface area contributed by atoms with Gasteiger partial charge in [0.25, 0.3) is 5.91 Å². The van der Waals surface area contributed by atoms with E-state index in [1.54, 1.807) is 7.05 Å². The van der Waals surface area contributed by atoms with Gasteiger partial charge < -0.3 is 15.0 Å². The predicted molar refractivity (Wildman–Crippen MR) is 86.1 cm³/mol. The van der Waals surface area contributed by atoms with Gasteiger partial charge in [-0.05, 0) is 17.7 Å². The summed E-state index contributed by atoms with van der Waals surface area (Å²) in [6, 6.07) is 7.84. The molecule has 1 amide bonds. The molecular formula is C16H20N4O3. The molecule has 0 aliphatic heterocycles. The number of nitrogens with one attached hydrogen (secondary N) is 1. The van der Waals surface area contributed by atoms with Gasteiger partial charge in [0.05, 0.1) is 11.8 Å². The number of carbonyl (C=O) groups is 2. The molecule has 0 atom stereocenters. The van der Waals surface area contributed by atoms with Crippen molar-refractivity contribution in [3.63, 3.8) is 0 Å². The number of hydrogen-bond donors (Lipinski definition) is 1. The molecule has 1 N–H and O–H groups in total. The minimum Gasteiger partial charge on any atom is -0.452 e. The first-order valence-corrected chi connectivity index (χ1v) is 7.14. The summed E-state index contributed by atoms with van der Waals surface area (Å²) in [5.74, 6) is -0.914. The number of amides is 1. The fraction of sp³-hybridized carbons (Fsp3) is 0.312. The first-order valence-electron chi connectivity index (χ1n) is 7.14. The number of ether oxygens (including phenoxy) is 1. The summed E-state index contributed by atoms with van der Waals surface area (Å²) < 4.78 is 6.43. The van der Waals surface area contributed by atoms with E-state index in [1.165, 1.54) is 17.1 Å². The van der Waals surface area contributed by atoms with E-state index < -0.39 is 5.97 Å². The average molecular weight is 316 g/mol. The Balaban J connectivity index is 1.75. The normalized spacial score (nSPS) is 10.2. The molecule has 7 nitrogen and oxygen atoms in total. The minimum absolute atomic E-state index is 0.316. The average Bonchev–Trinajstić information content (AvgIpc) is 2.97. The van der Waals surface area contributed by atoms with Crippen LogP contribution in [0.5, 0.6) is 0 Å². The largest absolute Gasteiger partial charge is 0.452 e. The van der Waals surface area contributed by atoms with E-state index in [4.69, 9.17) is 4.74 Å². The second-order valence-corrected chi connectivity index (χ2v) is 5.32. The van der Waals surface area contributed by atoms with Gasteiger partial charge in [-0.25, -0.2) is 4.79 Å². The molecule has 1 aromatic carbocycles. The van der Waals surface area contributed by atoms with Gasteiger partial charge in [-0.1, -0.05) is 12.1 Å². The van der Waals surface area contributed by atoms with Crippen LogP contribution in [0.4, 0.5) is 5.69 Å². The van der Waals surface area contributed by atoms with Crippen LogP contribution in [0.2, 0.25) is 0 Å². The minimum atomic E-state index is -0.566. The fourth-order valence-corrected chi connectivity index (χ4v) is 1.90. The molecule has 0 saturated carbocycles. The lowest BCUT2D eigenvalue weighted by Crippen LogP contribution is -2.28. The van der Waals surface area contributed by atoms with E-state index in [0.717, 1.165) is 11.3 Å². The van der Waals surface area contributed by atoms with Gasteiger partial charge in [0.1, 0.15) is 0 Å². The number of anilines is 1. The monoisotopic (exact) mass is 316 g/mol. The molecule has 0 spiro atoms. The van der Waals surface area contributed by atoms with Gasteiger partial charge in [-0.15, -0.1) is 0 Å². The zero-order valence-corrected chi connectivity index (χ0v) is 13.4. The Hall–Kier alpha value is -2.83. The number of hydrogen-bond acceptors (Lipinski definition) is 5. The molecule has 23 heavy (non-hydrogen) atoms. The van der Waals surface area contributed by atoms with Crippen molar-refractivity contribution >= 4 is 17.6 Å². The maximum absolute atomic E-state index is 11.7. The molecule has 0 bridgehead atoms. The number of carbonyl (C=O) groups excluding carboxylic acids is 2. The highest BCUT2D eigenvalue weighted by molar-refractivity contribution is 5.90. The molecule has 1 aromatic heterocycles. The van der Waals surface area contributed by atoms with Crippen molar-refractivity contribution in [1.82, 2.24) is 15.1 Å². The zero-order chi connectivity index (χ0) is 16.8. The van der Waals surface area contributed by atoms with E-state index in [2.05, 4.69) is 10.4 Å². The summed E-state index contributed by atoms with van der Waals surface area (Å²) in [6.07, 6.45) is 2.93. The van der Waals surface area contributed by atoms with E-state index in [9.17, 15) is 9.59 Å². The standard InChI is InChI=1S/C16H20N4O3/c1-19(2)14-6-4-12(5-7-14)8-17-15(21)11-23-16(22)13-9-18-20(3)10-13/h4-7,9-10H,8,11H2,1-3H3,(H,17,21). The lowest BCUT2D eigenvalue weighted by molar-refractivity contribution is -0.124. The molecule has 7 heteroatoms. The van der Waals surface area contributed by atoms with Gasteiger partial charge >= 0.3 is 5.97 Å². The van der Waals surface area contributed by atoms with Crippen LogP contribution < -0.4 is 10.2 Å². The van der Waals surface area contributed by atoms with E-state index >= 15 is 0 Å². The Morgan fingerprint density at radius 2 is 1.96 bits per heavy atom. The van der Waals surface area contributed by atoms with Crippen LogP contribution in [0.25, 0.3) is 0 Å². The zero-order valence-electron chi connectivity index (χ0n) is 13.4. The van der Waals surface area contributed by atoms with Crippen LogP contribution in [0, 0.1) is 0 Å². The van der Waals surface area contributed by atoms with Crippen molar-refractivity contribution in [2.75, 3.05) is 25.6 Å². The summed E-state index contributed by atoms with van der Waals surface area (Å²) in [4.78, 5) is 25.4. The number of nitrogens with zero attached hydrogens (tertiary/aromatic N) is 3. The van der Waals surface area contributed by atoms with Gasteiger partial charge in [-0.3, -0.25) is 9.48 Å². The Morgan fingerprint density at radius 3 is 2.52 bits per heavy atom. The van der Waals surface area contributed by atoms with Crippen LogP contribution >= 0.6 is 0 Å². The fourth-order valence-electron chi connectivity index (χ4n) is 1.90. The smallest absolute Gasteiger partial charge is 0.341 e. The van der Waals surface area contributed by atoms with Gasteiger partial charge in [-0.2, -0.15) is 5.10 Å². The molecule has 2 aromatic rings. The molecule has 0 aliphatic carbocycles. The molecule has 0 radical (unpaired) electrons. The third-order valence-corrected chi connectivity index (χ3v) is 3.22. The quantitative estimate of drug-likeness (QED) is 0.803. The van der Waals surface area contributed by atoms with E-state index in [1.807, 2.05) is 43.3 Å². The first kappa shape index (κ1) is 16.5. The first-order chi connectivity index (χ1) is 11.0. The summed E-state index contributed by atoms with van der Waals surface area (Å²) >= 11 is 0. The summed E-state index contributed by atoms with van der Waals surface area (Å²) in [5, 5.41) is 6.58. The Labute approximate surface area is 134 Å². The van der Waals surface area contributed by atoms with E-state index in [-0.39, 0.29) is 12.5 Å². The van der Waals surface area contributed by atoms with Crippen LogP contribution in [-0.4, -0.2) is 42.4 Å². The topological polar surface area (TPSA) is 76.5 Å². The molecule has 0 saturated heterocycles. The molecule has 0 aliphatic rings. The lowest BCUT2D eigenvalue weighted by atomic mass is 10.2. The van der Waals surface area contributed by atoms with Crippen LogP contribution in [0.15, 0.2) is 36.7 Å². The highest BCUT2D eigenvalue weighted by atomic mass is 16.5. The second-order valence-electron chi connectivity index (χ2n) is 5.32. The number of rotatable bonds is 6. The maximum atomic E-state index is 11.7. The molecule has 2 rings (SSSR count). The third-order valence-electron chi connectivity index (χ3n) is 3.22. The van der Waals surface area contributed by atoms with Crippen molar-refractivity contribution in [2.24, 2.45) is 7.05 Å². The molecular weight excluding hydrogens is 296 g/mol. The molecule has 0 unspecified atom stereocenters. The highest BCUT2D eigenvalue weighted by Gasteiger charge is 2.11. The summed E-state index contributed by atoms with van der Waals surface area (Å²) in [5.41, 5.74) is 2.38. The van der Waals surface area contributed by atoms with Gasteiger partial charge in [0.2, 0.25) is 0 Å². The van der Waals surface area contributed by atoms with Crippen LogP contribution in [0.3, 0.4) is 0 Å². The lowest BCUT2D eigenvalue weighted by Gasteiger charge is -2.13. The van der Waals surface area contributed by atoms with Crippen LogP contribution in [0.1, 0.15) is 15.9 Å². The summed E-state index contributed by atoms with van der Waals surface area (Å²) in [7, 11) is 5.63. The predicted octanol–water partition coefficient (Wildman–Crippen LogP) is 0.959. The van der Waals surface area contributed by atoms with Crippen molar-refractivity contribution in [1.29, 1.82) is 0 Å². The molecule has 1 heterocycles. The van der Waals surface area contributed by atoms with Crippen molar-refractivity contribution in [3.8, 4) is 0 Å². The van der Waals surface area contributed by atoms with Gasteiger partial charge in [0, 0.05) is 39.6 Å². The third kappa shape index (κ3) is 4.84. The van der Waals surface area contributed by atoms with Crippen molar-refractivity contribution in [2.45, 2.75) is 6.54 Å². The number of aryl methyl sites for hydroxylation is 1. The molecule has 122 valence electrons. The summed E-state index contributed by atoms with van der Waals surface area (Å²) in [6.45, 7) is 0.0699. The van der Waals surface area contributed by atoms with Crippen molar-refractivity contribution < 1.29 is 14.3 Å². The SMILES string of the molecule is CN(C)c1ccc(CNC(=O)COC(=O)c2cnn(C)c2)cc1. The van der Waals surface area contributed by atoms with Crippen LogP contribution in [-0.2, 0) is 23.1 Å². The Bertz CT molecular complexity index is 677. The number of benzene rings is 1. The molecule has 0 fully saturated rings. The van der Waals surface area contributed by atoms with E-state index in [0.29, 0.717) is 12.1 Å². The Kier molecular flexibility index (Phi) is 5.35. The maximum Gasteiger partial charge on any atom is 0.341 e. The van der Waals surface area contributed by atoms with Gasteiger partial charge in [0.15, 0.2) is 6.61 Å². The number of esters is 1. The highest BCUT2D eigenvalue weighted by Crippen LogP contribution is 2.11. The number of aromatic nitrogens is 2. The van der Waals surface area contributed by atoms with Crippen molar-refractivity contribution in [3.05, 3.63) is 47.8 Å².